The van der Waals surface area contributed by atoms with Crippen LogP contribution in [0.25, 0.3) is 22.6 Å². The zero-order valence-corrected chi connectivity index (χ0v) is 17.3. The normalized spacial score (nSPS) is 10.8. The van der Waals surface area contributed by atoms with E-state index in [1.165, 1.54) is 9.58 Å². The van der Waals surface area contributed by atoms with Gasteiger partial charge in [-0.05, 0) is 40.8 Å². The Balaban J connectivity index is 1.58. The van der Waals surface area contributed by atoms with Crippen LogP contribution in [-0.2, 0) is 0 Å². The smallest absolute Gasteiger partial charge is 0.277 e. The van der Waals surface area contributed by atoms with Crippen LogP contribution in [0.2, 0.25) is 0 Å². The van der Waals surface area contributed by atoms with Gasteiger partial charge in [-0.15, -0.1) is 0 Å². The fourth-order valence-corrected chi connectivity index (χ4v) is 3.44. The summed E-state index contributed by atoms with van der Waals surface area (Å²) in [5.74, 6) is 0.0267. The number of rotatable bonds is 5. The van der Waals surface area contributed by atoms with Gasteiger partial charge in [-0.3, -0.25) is 9.69 Å². The Morgan fingerprint density at radius 2 is 1.34 bits per heavy atom. The van der Waals surface area contributed by atoms with Gasteiger partial charge in [0.25, 0.3) is 11.9 Å². The van der Waals surface area contributed by atoms with Crippen LogP contribution >= 0.6 is 0 Å². The van der Waals surface area contributed by atoms with Crippen molar-refractivity contribution in [3.63, 3.8) is 0 Å². The molecule has 2 heterocycles. The standard InChI is InChI=1S/C24H19N7O/c1-29(24-25-27-28-31(24)20-15-9-4-10-16-20)23(32)22-17-21(18-11-5-2-6-12-18)26-30(22)19-13-7-3-8-14-19/h2-17H,1H3. The predicted octanol–water partition coefficient (Wildman–Crippen LogP) is 3.79. The van der Waals surface area contributed by atoms with Crippen molar-refractivity contribution in [2.75, 3.05) is 11.9 Å². The first-order valence-electron chi connectivity index (χ1n) is 10.0. The van der Waals surface area contributed by atoms with Crippen molar-refractivity contribution in [3.05, 3.63) is 103 Å². The van der Waals surface area contributed by atoms with Gasteiger partial charge >= 0.3 is 0 Å². The molecular formula is C24H19N7O. The number of nitrogens with zero attached hydrogens (tertiary/aromatic N) is 7. The first-order valence-corrected chi connectivity index (χ1v) is 10.0. The molecule has 0 spiro atoms. The van der Waals surface area contributed by atoms with Gasteiger partial charge in [0.15, 0.2) is 0 Å². The molecule has 8 heteroatoms. The van der Waals surface area contributed by atoms with Gasteiger partial charge in [-0.2, -0.15) is 9.78 Å². The third-order valence-electron chi connectivity index (χ3n) is 5.06. The summed E-state index contributed by atoms with van der Waals surface area (Å²) >= 11 is 0. The van der Waals surface area contributed by atoms with Gasteiger partial charge in [0.1, 0.15) is 5.69 Å². The summed E-state index contributed by atoms with van der Waals surface area (Å²) in [4.78, 5) is 15.1. The lowest BCUT2D eigenvalue weighted by atomic mass is 10.1. The van der Waals surface area contributed by atoms with E-state index >= 15 is 0 Å². The molecule has 1 amide bonds. The van der Waals surface area contributed by atoms with Crippen LogP contribution in [0.3, 0.4) is 0 Å². The zero-order valence-electron chi connectivity index (χ0n) is 17.3. The second kappa shape index (κ2) is 8.27. The number of aromatic nitrogens is 6. The molecule has 0 aliphatic rings. The molecule has 5 rings (SSSR count). The van der Waals surface area contributed by atoms with Crippen molar-refractivity contribution in [2.45, 2.75) is 0 Å². The molecule has 0 radical (unpaired) electrons. The molecule has 0 saturated carbocycles. The molecule has 0 unspecified atom stereocenters. The van der Waals surface area contributed by atoms with E-state index in [2.05, 4.69) is 15.5 Å². The summed E-state index contributed by atoms with van der Waals surface area (Å²) in [6.45, 7) is 0. The molecular weight excluding hydrogens is 402 g/mol. The summed E-state index contributed by atoms with van der Waals surface area (Å²) in [7, 11) is 1.65. The number of para-hydroxylation sites is 2. The highest BCUT2D eigenvalue weighted by Gasteiger charge is 2.25. The fraction of sp³-hybridized carbons (Fsp3) is 0.0417. The van der Waals surface area contributed by atoms with E-state index in [1.54, 1.807) is 17.8 Å². The molecule has 0 fully saturated rings. The minimum atomic E-state index is -0.282. The maximum Gasteiger partial charge on any atom is 0.279 e. The van der Waals surface area contributed by atoms with E-state index in [0.717, 1.165) is 16.9 Å². The van der Waals surface area contributed by atoms with Crippen LogP contribution in [0.1, 0.15) is 10.5 Å². The van der Waals surface area contributed by atoms with Gasteiger partial charge in [-0.1, -0.05) is 71.8 Å². The van der Waals surface area contributed by atoms with Crippen LogP contribution < -0.4 is 4.90 Å². The Morgan fingerprint density at radius 3 is 1.97 bits per heavy atom. The molecule has 156 valence electrons. The van der Waals surface area contributed by atoms with E-state index in [-0.39, 0.29) is 5.91 Å². The SMILES string of the molecule is CN(C(=O)c1cc(-c2ccccc2)nn1-c1ccccc1)c1nnnn1-c1ccccc1. The minimum Gasteiger partial charge on any atom is -0.277 e. The van der Waals surface area contributed by atoms with Crippen LogP contribution in [-0.4, -0.2) is 42.9 Å². The molecule has 0 aliphatic carbocycles. The van der Waals surface area contributed by atoms with Crippen molar-refractivity contribution in [2.24, 2.45) is 0 Å². The number of carbonyl (C=O) groups is 1. The summed E-state index contributed by atoms with van der Waals surface area (Å²) in [6, 6.07) is 30.5. The lowest BCUT2D eigenvalue weighted by Gasteiger charge is -2.16. The first kappa shape index (κ1) is 19.4. The largest absolute Gasteiger partial charge is 0.279 e. The summed E-state index contributed by atoms with van der Waals surface area (Å²) in [6.07, 6.45) is 0. The molecule has 0 N–H and O–H groups in total. The van der Waals surface area contributed by atoms with E-state index < -0.39 is 0 Å². The van der Waals surface area contributed by atoms with E-state index in [4.69, 9.17) is 5.10 Å². The Bertz CT molecular complexity index is 1350. The monoisotopic (exact) mass is 421 g/mol. The third kappa shape index (κ3) is 3.54. The average molecular weight is 421 g/mol. The van der Waals surface area contributed by atoms with Crippen molar-refractivity contribution in [1.29, 1.82) is 0 Å². The number of hydrogen-bond donors (Lipinski definition) is 0. The minimum absolute atomic E-state index is 0.282. The molecule has 32 heavy (non-hydrogen) atoms. The quantitative estimate of drug-likeness (QED) is 0.431. The highest BCUT2D eigenvalue weighted by atomic mass is 16.2. The number of anilines is 1. The highest BCUT2D eigenvalue weighted by Crippen LogP contribution is 2.24. The van der Waals surface area contributed by atoms with Crippen molar-refractivity contribution in [3.8, 4) is 22.6 Å². The Labute approximate surface area is 184 Å². The van der Waals surface area contributed by atoms with Crippen LogP contribution in [0.5, 0.6) is 0 Å². The predicted molar refractivity (Wildman–Crippen MR) is 121 cm³/mol. The summed E-state index contributed by atoms with van der Waals surface area (Å²) in [5.41, 5.74) is 3.57. The Morgan fingerprint density at radius 1 is 0.781 bits per heavy atom. The molecule has 5 aromatic rings. The van der Waals surface area contributed by atoms with Crippen molar-refractivity contribution >= 4 is 11.9 Å². The fourth-order valence-electron chi connectivity index (χ4n) is 3.44. The molecule has 3 aromatic carbocycles. The second-order valence-electron chi connectivity index (χ2n) is 7.12. The third-order valence-corrected chi connectivity index (χ3v) is 5.06. The molecule has 2 aromatic heterocycles. The molecule has 0 saturated heterocycles. The van der Waals surface area contributed by atoms with Gasteiger partial charge in [0.2, 0.25) is 0 Å². The first-order chi connectivity index (χ1) is 15.7. The number of tetrazole rings is 1. The van der Waals surface area contributed by atoms with Gasteiger partial charge in [0, 0.05) is 12.6 Å². The van der Waals surface area contributed by atoms with Crippen molar-refractivity contribution < 1.29 is 4.79 Å². The maximum absolute atomic E-state index is 13.6. The lowest BCUT2D eigenvalue weighted by Crippen LogP contribution is -2.31. The number of hydrogen-bond acceptors (Lipinski definition) is 5. The Kier molecular flexibility index (Phi) is 5.01. The van der Waals surface area contributed by atoms with E-state index in [0.29, 0.717) is 17.3 Å². The van der Waals surface area contributed by atoms with E-state index in [1.807, 2.05) is 91.0 Å². The zero-order chi connectivity index (χ0) is 21.9. The number of carbonyl (C=O) groups excluding carboxylic acids is 1. The van der Waals surface area contributed by atoms with Crippen LogP contribution in [0, 0.1) is 0 Å². The van der Waals surface area contributed by atoms with Gasteiger partial charge < -0.3 is 0 Å². The van der Waals surface area contributed by atoms with Gasteiger partial charge in [0.05, 0.1) is 17.1 Å². The topological polar surface area (TPSA) is 81.7 Å². The Hall–Kier alpha value is -4.59. The van der Waals surface area contributed by atoms with Gasteiger partial charge in [-0.25, -0.2) is 4.68 Å². The molecule has 8 nitrogen and oxygen atoms in total. The lowest BCUT2D eigenvalue weighted by molar-refractivity contribution is 0.0983. The maximum atomic E-state index is 13.6. The van der Waals surface area contributed by atoms with Crippen LogP contribution in [0.4, 0.5) is 5.95 Å². The summed E-state index contributed by atoms with van der Waals surface area (Å²) < 4.78 is 3.18. The van der Waals surface area contributed by atoms with E-state index in [9.17, 15) is 4.79 Å². The molecule has 0 atom stereocenters. The number of benzene rings is 3. The average Bonchev–Trinajstić information content (AvgIpc) is 3.53. The van der Waals surface area contributed by atoms with Crippen LogP contribution in [0.15, 0.2) is 97.1 Å². The highest BCUT2D eigenvalue weighted by molar-refractivity contribution is 6.04. The van der Waals surface area contributed by atoms with Crippen molar-refractivity contribution in [1.82, 2.24) is 30.0 Å². The number of amides is 1. The second-order valence-corrected chi connectivity index (χ2v) is 7.12. The molecule has 0 aliphatic heterocycles. The summed E-state index contributed by atoms with van der Waals surface area (Å²) in [5, 5.41) is 16.6. The molecule has 0 bridgehead atoms.